The van der Waals surface area contributed by atoms with Gasteiger partial charge in [-0.25, -0.2) is 0 Å². The molecule has 0 aliphatic rings. The fourth-order valence-electron chi connectivity index (χ4n) is 3.59. The average molecular weight is 405 g/mol. The van der Waals surface area contributed by atoms with Crippen molar-refractivity contribution in [2.45, 2.75) is 105 Å². The molecule has 1 unspecified atom stereocenters. The molecule has 3 nitrogen and oxygen atoms in total. The SMILES string of the molecule is CCCCC(CC)COC(=O)CCc1cc(C(C)(C)C)c(OC)c(C(C)(C)C)c1. The molecule has 166 valence electrons. The standard InChI is InChI=1S/C26H44O3/c1-10-12-13-19(11-2)18-29-23(27)15-14-20-16-21(25(3,4)5)24(28-9)22(17-20)26(6,7)8/h16-17,19H,10-15,18H2,1-9H3. The van der Waals surface area contributed by atoms with Gasteiger partial charge in [0.15, 0.2) is 0 Å². The molecule has 0 saturated heterocycles. The van der Waals surface area contributed by atoms with Crippen LogP contribution in [0.15, 0.2) is 12.1 Å². The molecule has 0 heterocycles. The monoisotopic (exact) mass is 404 g/mol. The lowest BCUT2D eigenvalue weighted by atomic mass is 9.78. The minimum atomic E-state index is -0.0922. The third kappa shape index (κ3) is 8.03. The van der Waals surface area contributed by atoms with Crippen LogP contribution in [0.1, 0.15) is 104 Å². The molecule has 0 radical (unpaired) electrons. The molecule has 1 atom stereocenters. The van der Waals surface area contributed by atoms with Gasteiger partial charge < -0.3 is 9.47 Å². The number of unbranched alkanes of at least 4 members (excludes halogenated alkanes) is 1. The lowest BCUT2D eigenvalue weighted by Gasteiger charge is -2.30. The number of benzene rings is 1. The number of carbonyl (C=O) groups is 1. The quantitative estimate of drug-likeness (QED) is 0.394. The predicted octanol–water partition coefficient (Wildman–Crippen LogP) is 6.98. The molecule has 29 heavy (non-hydrogen) atoms. The second kappa shape index (κ2) is 11.0. The Labute approximate surface area is 179 Å². The first-order chi connectivity index (χ1) is 13.4. The van der Waals surface area contributed by atoms with Gasteiger partial charge in [-0.05, 0) is 35.2 Å². The van der Waals surface area contributed by atoms with Gasteiger partial charge in [0.25, 0.3) is 0 Å². The minimum Gasteiger partial charge on any atom is -0.496 e. The Morgan fingerprint density at radius 3 is 1.97 bits per heavy atom. The highest BCUT2D eigenvalue weighted by Crippen LogP contribution is 2.40. The first-order valence-electron chi connectivity index (χ1n) is 11.3. The van der Waals surface area contributed by atoms with Crippen LogP contribution in [0.5, 0.6) is 5.75 Å². The smallest absolute Gasteiger partial charge is 0.306 e. The summed E-state index contributed by atoms with van der Waals surface area (Å²) in [4.78, 5) is 12.4. The number of rotatable bonds is 10. The van der Waals surface area contributed by atoms with Crippen molar-refractivity contribution in [2.24, 2.45) is 5.92 Å². The summed E-state index contributed by atoms with van der Waals surface area (Å²) in [7, 11) is 1.75. The normalized spacial score (nSPS) is 13.3. The fraction of sp³-hybridized carbons (Fsp3) is 0.731. The first kappa shape index (κ1) is 25.5. The van der Waals surface area contributed by atoms with Crippen molar-refractivity contribution < 1.29 is 14.3 Å². The van der Waals surface area contributed by atoms with Gasteiger partial charge in [-0.15, -0.1) is 0 Å². The summed E-state index contributed by atoms with van der Waals surface area (Å²) < 4.78 is 11.4. The Balaban J connectivity index is 2.92. The average Bonchev–Trinajstić information content (AvgIpc) is 2.64. The molecule has 0 amide bonds. The van der Waals surface area contributed by atoms with E-state index in [9.17, 15) is 4.79 Å². The summed E-state index contributed by atoms with van der Waals surface area (Å²) in [6.45, 7) is 18.2. The van der Waals surface area contributed by atoms with E-state index in [1.165, 1.54) is 29.5 Å². The summed E-state index contributed by atoms with van der Waals surface area (Å²) >= 11 is 0. The third-order valence-electron chi connectivity index (χ3n) is 5.61. The van der Waals surface area contributed by atoms with Crippen LogP contribution < -0.4 is 4.74 Å². The van der Waals surface area contributed by atoms with Gasteiger partial charge in [-0.3, -0.25) is 4.79 Å². The zero-order valence-electron chi connectivity index (χ0n) is 20.4. The van der Waals surface area contributed by atoms with Crippen LogP contribution in [0.4, 0.5) is 0 Å². The van der Waals surface area contributed by atoms with Crippen LogP contribution in [0, 0.1) is 5.92 Å². The van der Waals surface area contributed by atoms with Crippen molar-refractivity contribution in [2.75, 3.05) is 13.7 Å². The highest BCUT2D eigenvalue weighted by atomic mass is 16.5. The van der Waals surface area contributed by atoms with Gasteiger partial charge in [0.05, 0.1) is 13.7 Å². The summed E-state index contributed by atoms with van der Waals surface area (Å²) in [5.41, 5.74) is 3.50. The van der Waals surface area contributed by atoms with E-state index in [1.807, 2.05) is 0 Å². The number of ether oxygens (including phenoxy) is 2. The predicted molar refractivity (Wildman–Crippen MR) is 123 cm³/mol. The molecule has 0 aromatic heterocycles. The molecule has 0 bridgehead atoms. The topological polar surface area (TPSA) is 35.5 Å². The van der Waals surface area contributed by atoms with E-state index in [2.05, 4.69) is 67.5 Å². The van der Waals surface area contributed by atoms with Crippen LogP contribution in [-0.4, -0.2) is 19.7 Å². The maximum absolute atomic E-state index is 12.4. The lowest BCUT2D eigenvalue weighted by molar-refractivity contribution is -0.145. The fourth-order valence-corrected chi connectivity index (χ4v) is 3.59. The highest BCUT2D eigenvalue weighted by Gasteiger charge is 2.27. The van der Waals surface area contributed by atoms with Crippen molar-refractivity contribution in [3.8, 4) is 5.75 Å². The van der Waals surface area contributed by atoms with Crippen molar-refractivity contribution in [1.82, 2.24) is 0 Å². The van der Waals surface area contributed by atoms with Gasteiger partial charge >= 0.3 is 5.97 Å². The Morgan fingerprint density at radius 1 is 1.00 bits per heavy atom. The van der Waals surface area contributed by atoms with Gasteiger partial charge in [0, 0.05) is 17.5 Å². The van der Waals surface area contributed by atoms with Gasteiger partial charge in [-0.2, -0.15) is 0 Å². The zero-order chi connectivity index (χ0) is 22.2. The first-order valence-corrected chi connectivity index (χ1v) is 11.3. The maximum Gasteiger partial charge on any atom is 0.306 e. The number of aryl methyl sites for hydroxylation is 1. The largest absolute Gasteiger partial charge is 0.496 e. The van der Waals surface area contributed by atoms with E-state index in [0.29, 0.717) is 25.4 Å². The van der Waals surface area contributed by atoms with E-state index >= 15 is 0 Å². The van der Waals surface area contributed by atoms with Crippen LogP contribution in [0.3, 0.4) is 0 Å². The summed E-state index contributed by atoms with van der Waals surface area (Å²) in [5.74, 6) is 1.36. The molecular weight excluding hydrogens is 360 g/mol. The molecule has 1 aromatic carbocycles. The van der Waals surface area contributed by atoms with Gasteiger partial charge in [0.1, 0.15) is 5.75 Å². The van der Waals surface area contributed by atoms with E-state index in [0.717, 1.165) is 18.6 Å². The second-order valence-electron chi connectivity index (χ2n) is 10.3. The van der Waals surface area contributed by atoms with Crippen LogP contribution in [0.25, 0.3) is 0 Å². The Bertz CT molecular complexity index is 612. The van der Waals surface area contributed by atoms with Crippen LogP contribution >= 0.6 is 0 Å². The van der Waals surface area contributed by atoms with Crippen molar-refractivity contribution in [3.63, 3.8) is 0 Å². The van der Waals surface area contributed by atoms with Crippen molar-refractivity contribution in [3.05, 3.63) is 28.8 Å². The molecule has 3 heteroatoms. The summed E-state index contributed by atoms with van der Waals surface area (Å²) in [6, 6.07) is 4.41. The molecule has 0 aliphatic heterocycles. The molecule has 0 spiro atoms. The van der Waals surface area contributed by atoms with E-state index in [-0.39, 0.29) is 16.8 Å². The number of carbonyl (C=O) groups excluding carboxylic acids is 1. The summed E-state index contributed by atoms with van der Waals surface area (Å²) in [6.07, 6.45) is 5.71. The molecule has 0 fully saturated rings. The molecule has 1 rings (SSSR count). The number of hydrogen-bond acceptors (Lipinski definition) is 3. The van der Waals surface area contributed by atoms with E-state index in [1.54, 1.807) is 7.11 Å². The van der Waals surface area contributed by atoms with Crippen LogP contribution in [-0.2, 0) is 26.8 Å². The Morgan fingerprint density at radius 2 is 1.55 bits per heavy atom. The third-order valence-corrected chi connectivity index (χ3v) is 5.61. The molecule has 0 aliphatic carbocycles. The van der Waals surface area contributed by atoms with Gasteiger partial charge in [0.2, 0.25) is 0 Å². The number of hydrogen-bond donors (Lipinski definition) is 0. The second-order valence-corrected chi connectivity index (χ2v) is 10.3. The molecule has 0 N–H and O–H groups in total. The molecule has 0 saturated carbocycles. The van der Waals surface area contributed by atoms with Crippen molar-refractivity contribution >= 4 is 5.97 Å². The van der Waals surface area contributed by atoms with Crippen LogP contribution in [0.2, 0.25) is 0 Å². The Hall–Kier alpha value is -1.51. The number of methoxy groups -OCH3 is 1. The van der Waals surface area contributed by atoms with E-state index in [4.69, 9.17) is 9.47 Å². The van der Waals surface area contributed by atoms with E-state index < -0.39 is 0 Å². The highest BCUT2D eigenvalue weighted by molar-refractivity contribution is 5.69. The van der Waals surface area contributed by atoms with Crippen molar-refractivity contribution in [1.29, 1.82) is 0 Å². The molecule has 1 aromatic rings. The Kier molecular flexibility index (Phi) is 9.71. The zero-order valence-corrected chi connectivity index (χ0v) is 20.4. The summed E-state index contributed by atoms with van der Waals surface area (Å²) in [5, 5.41) is 0. The molecular formula is C26H44O3. The lowest BCUT2D eigenvalue weighted by Crippen LogP contribution is -2.20. The maximum atomic E-state index is 12.4. The minimum absolute atomic E-state index is 0.0323. The number of esters is 1. The van der Waals surface area contributed by atoms with Gasteiger partial charge in [-0.1, -0.05) is 86.8 Å².